The number of rotatable bonds is 4. The van der Waals surface area contributed by atoms with Crippen molar-refractivity contribution < 1.29 is 9.90 Å². The Morgan fingerprint density at radius 3 is 2.76 bits per heavy atom. The number of carboxylic acid groups (broad SMARTS) is 1. The lowest BCUT2D eigenvalue weighted by molar-refractivity contribution is 0.222. The van der Waals surface area contributed by atoms with Crippen molar-refractivity contribution in [3.05, 3.63) is 54.6 Å². The summed E-state index contributed by atoms with van der Waals surface area (Å²) in [6, 6.07) is 9.63. The summed E-state index contributed by atoms with van der Waals surface area (Å²) in [5.41, 5.74) is 1.01. The second-order valence-electron chi connectivity index (χ2n) is 3.54. The van der Waals surface area contributed by atoms with E-state index in [1.165, 1.54) is 0 Å². The smallest absolute Gasteiger partial charge is 0.365 e. The van der Waals surface area contributed by atoms with Gasteiger partial charge in [0.25, 0.3) is 0 Å². The second kappa shape index (κ2) is 5.54. The highest BCUT2D eigenvalue weighted by Gasteiger charge is 2.16. The standard InChI is InChI=1S/C12H12N2O2S/c15-12(16)17-11(8-14-7-6-13-9-14)10-4-2-1-3-5-10/h1-7,9,11H,8H2,(H,15,16)/t11-/m0/s1. The molecule has 0 amide bonds. The molecule has 1 N–H and O–H groups in total. The van der Waals surface area contributed by atoms with Gasteiger partial charge in [0, 0.05) is 18.9 Å². The Labute approximate surface area is 103 Å². The summed E-state index contributed by atoms with van der Waals surface area (Å²) >= 11 is 0.919. The van der Waals surface area contributed by atoms with E-state index in [1.54, 1.807) is 12.5 Å². The maximum Gasteiger partial charge on any atom is 0.365 e. The van der Waals surface area contributed by atoms with Crippen LogP contribution in [0.1, 0.15) is 10.8 Å². The van der Waals surface area contributed by atoms with E-state index in [9.17, 15) is 4.79 Å². The van der Waals surface area contributed by atoms with Gasteiger partial charge in [0.15, 0.2) is 0 Å². The Balaban J connectivity index is 2.16. The normalized spacial score (nSPS) is 12.2. The van der Waals surface area contributed by atoms with Gasteiger partial charge in [-0.25, -0.2) is 9.78 Å². The molecule has 88 valence electrons. The van der Waals surface area contributed by atoms with E-state index in [1.807, 2.05) is 41.1 Å². The summed E-state index contributed by atoms with van der Waals surface area (Å²) in [4.78, 5) is 14.8. The van der Waals surface area contributed by atoms with Gasteiger partial charge in [-0.05, 0) is 17.3 Å². The molecule has 0 saturated heterocycles. The number of imidazole rings is 1. The lowest BCUT2D eigenvalue weighted by atomic mass is 10.1. The van der Waals surface area contributed by atoms with Crippen molar-refractivity contribution in [2.24, 2.45) is 0 Å². The Morgan fingerprint density at radius 2 is 2.18 bits per heavy atom. The quantitative estimate of drug-likeness (QED) is 0.903. The summed E-state index contributed by atoms with van der Waals surface area (Å²) in [6.45, 7) is 0.598. The molecule has 1 aromatic heterocycles. The first kappa shape index (κ1) is 11.7. The molecule has 5 heteroatoms. The Bertz CT molecular complexity index is 471. The highest BCUT2D eigenvalue weighted by Crippen LogP contribution is 2.30. The lowest BCUT2D eigenvalue weighted by Gasteiger charge is -2.14. The van der Waals surface area contributed by atoms with Crippen LogP contribution in [-0.2, 0) is 6.54 Å². The van der Waals surface area contributed by atoms with Crippen LogP contribution in [0.25, 0.3) is 0 Å². The topological polar surface area (TPSA) is 55.1 Å². The van der Waals surface area contributed by atoms with E-state index >= 15 is 0 Å². The first-order valence-electron chi connectivity index (χ1n) is 5.16. The van der Waals surface area contributed by atoms with Crippen LogP contribution in [0.5, 0.6) is 0 Å². The molecule has 2 rings (SSSR count). The van der Waals surface area contributed by atoms with Gasteiger partial charge in [0.05, 0.1) is 11.6 Å². The molecule has 1 aromatic carbocycles. The number of hydrogen-bond acceptors (Lipinski definition) is 3. The lowest BCUT2D eigenvalue weighted by Crippen LogP contribution is -2.06. The molecular weight excluding hydrogens is 236 g/mol. The Morgan fingerprint density at radius 1 is 1.41 bits per heavy atom. The molecule has 0 bridgehead atoms. The van der Waals surface area contributed by atoms with Gasteiger partial charge in [0.1, 0.15) is 0 Å². The van der Waals surface area contributed by atoms with Crippen LogP contribution in [0.15, 0.2) is 49.1 Å². The first-order valence-corrected chi connectivity index (χ1v) is 6.04. The van der Waals surface area contributed by atoms with Crippen molar-refractivity contribution in [2.45, 2.75) is 11.8 Å². The molecule has 4 nitrogen and oxygen atoms in total. The van der Waals surface area contributed by atoms with E-state index in [4.69, 9.17) is 5.11 Å². The fraction of sp³-hybridized carbons (Fsp3) is 0.167. The van der Waals surface area contributed by atoms with Crippen molar-refractivity contribution in [1.29, 1.82) is 0 Å². The average molecular weight is 248 g/mol. The first-order chi connectivity index (χ1) is 8.25. The van der Waals surface area contributed by atoms with Crippen molar-refractivity contribution in [1.82, 2.24) is 9.55 Å². The summed E-state index contributed by atoms with van der Waals surface area (Å²) in [6.07, 6.45) is 5.21. The fourth-order valence-corrected chi connectivity index (χ4v) is 2.37. The molecule has 0 aliphatic rings. The van der Waals surface area contributed by atoms with Gasteiger partial charge in [-0.15, -0.1) is 0 Å². The van der Waals surface area contributed by atoms with E-state index in [0.717, 1.165) is 17.3 Å². The molecule has 17 heavy (non-hydrogen) atoms. The zero-order valence-corrected chi connectivity index (χ0v) is 9.88. The SMILES string of the molecule is O=C(O)S[C@@H](Cn1ccnc1)c1ccccc1. The zero-order valence-electron chi connectivity index (χ0n) is 9.06. The molecule has 1 atom stereocenters. The Kier molecular flexibility index (Phi) is 3.82. The van der Waals surface area contributed by atoms with E-state index in [2.05, 4.69) is 4.98 Å². The third-order valence-electron chi connectivity index (χ3n) is 2.35. The van der Waals surface area contributed by atoms with Crippen LogP contribution in [-0.4, -0.2) is 20.0 Å². The van der Waals surface area contributed by atoms with Crippen molar-refractivity contribution in [2.75, 3.05) is 0 Å². The minimum atomic E-state index is -0.862. The zero-order chi connectivity index (χ0) is 12.1. The van der Waals surface area contributed by atoms with Gasteiger partial charge < -0.3 is 9.67 Å². The minimum Gasteiger partial charge on any atom is -0.473 e. The second-order valence-corrected chi connectivity index (χ2v) is 4.70. The highest BCUT2D eigenvalue weighted by atomic mass is 32.2. The molecule has 0 spiro atoms. The van der Waals surface area contributed by atoms with Crippen molar-refractivity contribution in [3.63, 3.8) is 0 Å². The summed E-state index contributed by atoms with van der Waals surface area (Å²) in [7, 11) is 0. The van der Waals surface area contributed by atoms with Crippen LogP contribution < -0.4 is 0 Å². The predicted octanol–water partition coefficient (Wildman–Crippen LogP) is 3.04. The Hall–Kier alpha value is -1.75. The van der Waals surface area contributed by atoms with Crippen LogP contribution in [0, 0.1) is 0 Å². The number of hydrogen-bond donors (Lipinski definition) is 1. The van der Waals surface area contributed by atoms with Crippen molar-refractivity contribution >= 4 is 17.1 Å². The fourth-order valence-electron chi connectivity index (χ4n) is 1.59. The monoisotopic (exact) mass is 248 g/mol. The number of benzene rings is 1. The molecule has 0 saturated carbocycles. The maximum absolute atomic E-state index is 10.8. The van der Waals surface area contributed by atoms with Gasteiger partial charge >= 0.3 is 5.30 Å². The molecule has 0 aliphatic carbocycles. The number of nitrogens with zero attached hydrogens (tertiary/aromatic N) is 2. The van der Waals surface area contributed by atoms with Gasteiger partial charge in [-0.2, -0.15) is 0 Å². The summed E-state index contributed by atoms with van der Waals surface area (Å²) < 4.78 is 1.88. The molecule has 0 unspecified atom stereocenters. The van der Waals surface area contributed by atoms with Gasteiger partial charge in [-0.1, -0.05) is 30.3 Å². The number of aromatic nitrogens is 2. The minimum absolute atomic E-state index is 0.108. The summed E-state index contributed by atoms with van der Waals surface area (Å²) in [5.74, 6) is 0. The molecule has 2 aromatic rings. The molecule has 1 heterocycles. The van der Waals surface area contributed by atoms with Crippen molar-refractivity contribution in [3.8, 4) is 0 Å². The van der Waals surface area contributed by atoms with Crippen LogP contribution >= 0.6 is 11.8 Å². The number of carbonyl (C=O) groups is 1. The van der Waals surface area contributed by atoms with Gasteiger partial charge in [0.2, 0.25) is 0 Å². The average Bonchev–Trinajstić information content (AvgIpc) is 2.82. The third kappa shape index (κ3) is 3.35. The third-order valence-corrected chi connectivity index (χ3v) is 3.26. The largest absolute Gasteiger partial charge is 0.473 e. The highest BCUT2D eigenvalue weighted by molar-refractivity contribution is 8.13. The number of thioether (sulfide) groups is 1. The van der Waals surface area contributed by atoms with Crippen LogP contribution in [0.2, 0.25) is 0 Å². The summed E-state index contributed by atoms with van der Waals surface area (Å²) in [5, 5.41) is 7.94. The van der Waals surface area contributed by atoms with E-state index < -0.39 is 5.30 Å². The van der Waals surface area contributed by atoms with E-state index in [0.29, 0.717) is 6.54 Å². The molecular formula is C12H12N2O2S. The van der Waals surface area contributed by atoms with Crippen LogP contribution in [0.3, 0.4) is 0 Å². The molecule has 0 fully saturated rings. The molecule has 0 aliphatic heterocycles. The van der Waals surface area contributed by atoms with Crippen LogP contribution in [0.4, 0.5) is 4.79 Å². The van der Waals surface area contributed by atoms with E-state index in [-0.39, 0.29) is 5.25 Å². The predicted molar refractivity (Wildman–Crippen MR) is 67.0 cm³/mol. The maximum atomic E-state index is 10.8. The molecule has 0 radical (unpaired) electrons. The van der Waals surface area contributed by atoms with Gasteiger partial charge in [-0.3, -0.25) is 0 Å².